The topological polar surface area (TPSA) is 69.6 Å². The van der Waals surface area contributed by atoms with Gasteiger partial charge in [-0.25, -0.2) is 4.79 Å². The molecule has 6 heteroatoms. The molecular weight excluding hydrogens is 287 g/mol. The fourth-order valence-corrected chi connectivity index (χ4v) is 1.82. The van der Waals surface area contributed by atoms with Gasteiger partial charge in [0.25, 0.3) is 0 Å². The molecule has 0 aromatic carbocycles. The van der Waals surface area contributed by atoms with Crippen LogP contribution in [0.25, 0.3) is 0 Å². The maximum atomic E-state index is 11.3. The average molecular weight is 298 g/mol. The monoisotopic (exact) mass is 298 g/mol. The Balaban J connectivity index is 2.67. The largest absolute Gasteiger partial charge is 0.465 e. The summed E-state index contributed by atoms with van der Waals surface area (Å²) < 4.78 is 0.355. The molecule has 0 aromatic heterocycles. The van der Waals surface area contributed by atoms with Crippen molar-refractivity contribution in [3.05, 3.63) is 0 Å². The van der Waals surface area contributed by atoms with Crippen molar-refractivity contribution in [3.63, 3.8) is 0 Å². The van der Waals surface area contributed by atoms with Crippen LogP contribution < -0.4 is 5.32 Å². The van der Waals surface area contributed by atoms with Crippen LogP contribution in [-0.2, 0) is 4.79 Å². The van der Waals surface area contributed by atoms with Crippen LogP contribution in [0.4, 0.5) is 4.79 Å². The van der Waals surface area contributed by atoms with Gasteiger partial charge in [0.15, 0.2) is 5.78 Å². The van der Waals surface area contributed by atoms with Crippen LogP contribution in [0.3, 0.4) is 0 Å². The fourth-order valence-electron chi connectivity index (χ4n) is 1.31. The number of Topliss-reactive ketones (excluding diaryl/α,β-unsaturated/α-hetero) is 1. The first kappa shape index (κ1) is 10.7. The third-order valence-corrected chi connectivity index (χ3v) is 2.74. The summed E-state index contributed by atoms with van der Waals surface area (Å²) >= 11 is 1.95. The molecule has 1 heterocycles. The van der Waals surface area contributed by atoms with Gasteiger partial charge in [-0.1, -0.05) is 22.6 Å². The van der Waals surface area contributed by atoms with E-state index in [0.29, 0.717) is 24.1 Å². The van der Waals surface area contributed by atoms with E-state index < -0.39 is 12.1 Å². The van der Waals surface area contributed by atoms with E-state index in [1.807, 2.05) is 22.6 Å². The zero-order chi connectivity index (χ0) is 9.84. The predicted octanol–water partition coefficient (Wildman–Crippen LogP) is -0.0577. The van der Waals surface area contributed by atoms with E-state index in [-0.39, 0.29) is 5.78 Å². The van der Waals surface area contributed by atoms with Gasteiger partial charge in [0.1, 0.15) is 6.04 Å². The van der Waals surface area contributed by atoms with Crippen LogP contribution in [0.5, 0.6) is 0 Å². The number of rotatable bonds is 2. The van der Waals surface area contributed by atoms with Gasteiger partial charge in [0.05, 0.1) is 4.43 Å². The van der Waals surface area contributed by atoms with Gasteiger partial charge < -0.3 is 10.4 Å². The van der Waals surface area contributed by atoms with Crippen LogP contribution in [0.2, 0.25) is 0 Å². The minimum Gasteiger partial charge on any atom is -0.465 e. The molecule has 0 bridgehead atoms. The van der Waals surface area contributed by atoms with Crippen LogP contribution >= 0.6 is 22.6 Å². The third-order valence-electron chi connectivity index (χ3n) is 1.99. The molecule has 1 rings (SSSR count). The molecular formula is C7H11IN2O3. The standard InChI is InChI=1S/C7H11IN2O3/c8-3-6(11)5-4-9-1-2-10(5)7(12)13/h5,9H,1-4H2,(H,12,13). The van der Waals surface area contributed by atoms with Crippen molar-refractivity contribution >= 4 is 34.5 Å². The Bertz CT molecular complexity index is 222. The molecule has 0 saturated carbocycles. The molecule has 74 valence electrons. The minimum absolute atomic E-state index is 0.0322. The van der Waals surface area contributed by atoms with E-state index in [4.69, 9.17) is 5.11 Å². The number of carboxylic acid groups (broad SMARTS) is 1. The lowest BCUT2D eigenvalue weighted by Gasteiger charge is -2.32. The molecule has 2 N–H and O–H groups in total. The smallest absolute Gasteiger partial charge is 0.408 e. The summed E-state index contributed by atoms with van der Waals surface area (Å²) in [7, 11) is 0. The zero-order valence-corrected chi connectivity index (χ0v) is 9.15. The molecule has 0 radical (unpaired) electrons. The van der Waals surface area contributed by atoms with Gasteiger partial charge in [-0.2, -0.15) is 0 Å². The number of nitrogens with one attached hydrogen (secondary N) is 1. The van der Waals surface area contributed by atoms with Crippen LogP contribution in [-0.4, -0.2) is 52.0 Å². The van der Waals surface area contributed by atoms with Crippen LogP contribution in [0.15, 0.2) is 0 Å². The highest BCUT2D eigenvalue weighted by atomic mass is 127. The zero-order valence-electron chi connectivity index (χ0n) is 6.99. The second-order valence-electron chi connectivity index (χ2n) is 2.80. The quantitative estimate of drug-likeness (QED) is 0.554. The van der Waals surface area contributed by atoms with E-state index in [2.05, 4.69) is 5.32 Å². The second kappa shape index (κ2) is 4.75. The van der Waals surface area contributed by atoms with Crippen molar-refractivity contribution in [2.75, 3.05) is 24.1 Å². The summed E-state index contributed by atoms with van der Waals surface area (Å²) in [6.07, 6.45) is -1.01. The first-order chi connectivity index (χ1) is 6.16. The molecule has 0 aliphatic carbocycles. The number of amides is 1. The molecule has 1 aliphatic rings. The van der Waals surface area contributed by atoms with Gasteiger partial charge in [-0.05, 0) is 0 Å². The lowest BCUT2D eigenvalue weighted by Crippen LogP contribution is -2.56. The minimum atomic E-state index is -1.01. The Hall–Kier alpha value is -0.370. The van der Waals surface area contributed by atoms with Crippen molar-refractivity contribution < 1.29 is 14.7 Å². The maximum absolute atomic E-state index is 11.3. The molecule has 1 atom stereocenters. The van der Waals surface area contributed by atoms with Crippen molar-refractivity contribution in [1.82, 2.24) is 10.2 Å². The molecule has 1 aliphatic heterocycles. The first-order valence-corrected chi connectivity index (χ1v) is 5.48. The summed E-state index contributed by atoms with van der Waals surface area (Å²) in [5, 5.41) is 11.8. The lowest BCUT2D eigenvalue weighted by molar-refractivity contribution is -0.121. The highest BCUT2D eigenvalue weighted by Crippen LogP contribution is 2.06. The fraction of sp³-hybridized carbons (Fsp3) is 0.714. The summed E-state index contributed by atoms with van der Waals surface area (Å²) in [5.41, 5.74) is 0. The molecule has 5 nitrogen and oxygen atoms in total. The normalized spacial score (nSPS) is 22.8. The number of nitrogens with zero attached hydrogens (tertiary/aromatic N) is 1. The maximum Gasteiger partial charge on any atom is 0.408 e. The Morgan fingerprint density at radius 3 is 2.85 bits per heavy atom. The Kier molecular flexibility index (Phi) is 3.91. The predicted molar refractivity (Wildman–Crippen MR) is 55.3 cm³/mol. The Morgan fingerprint density at radius 1 is 1.62 bits per heavy atom. The second-order valence-corrected chi connectivity index (χ2v) is 3.56. The number of ketones is 1. The van der Waals surface area contributed by atoms with Crippen molar-refractivity contribution in [2.24, 2.45) is 0 Å². The number of hydrogen-bond donors (Lipinski definition) is 2. The highest BCUT2D eigenvalue weighted by Gasteiger charge is 2.30. The number of hydrogen-bond acceptors (Lipinski definition) is 3. The van der Waals surface area contributed by atoms with Gasteiger partial charge in [0.2, 0.25) is 0 Å². The van der Waals surface area contributed by atoms with E-state index in [0.717, 1.165) is 0 Å². The van der Waals surface area contributed by atoms with E-state index in [1.54, 1.807) is 0 Å². The van der Waals surface area contributed by atoms with Crippen molar-refractivity contribution in [2.45, 2.75) is 6.04 Å². The number of alkyl halides is 1. The summed E-state index contributed by atoms with van der Waals surface area (Å²) in [5.74, 6) is -0.0322. The first-order valence-electron chi connectivity index (χ1n) is 3.95. The van der Waals surface area contributed by atoms with Gasteiger partial charge in [-0.15, -0.1) is 0 Å². The van der Waals surface area contributed by atoms with Gasteiger partial charge >= 0.3 is 6.09 Å². The van der Waals surface area contributed by atoms with Gasteiger partial charge in [-0.3, -0.25) is 9.69 Å². The summed E-state index contributed by atoms with van der Waals surface area (Å²) in [4.78, 5) is 23.3. The highest BCUT2D eigenvalue weighted by molar-refractivity contribution is 14.1. The number of halogens is 1. The third kappa shape index (κ3) is 2.53. The van der Waals surface area contributed by atoms with Crippen LogP contribution in [0, 0.1) is 0 Å². The number of carbonyl (C=O) groups is 2. The molecule has 0 aromatic rings. The summed E-state index contributed by atoms with van der Waals surface area (Å²) in [6.45, 7) is 1.45. The Labute approximate surface area is 89.6 Å². The molecule has 1 amide bonds. The van der Waals surface area contributed by atoms with E-state index in [9.17, 15) is 9.59 Å². The molecule has 1 fully saturated rings. The molecule has 1 saturated heterocycles. The average Bonchev–Trinajstić information content (AvgIpc) is 2.16. The molecule has 0 spiro atoms. The van der Waals surface area contributed by atoms with E-state index in [1.165, 1.54) is 4.90 Å². The number of carbonyl (C=O) groups excluding carboxylic acids is 1. The molecule has 1 unspecified atom stereocenters. The summed E-state index contributed by atoms with van der Waals surface area (Å²) in [6, 6.07) is -0.497. The van der Waals surface area contributed by atoms with Crippen molar-refractivity contribution in [3.8, 4) is 0 Å². The number of piperazine rings is 1. The SMILES string of the molecule is O=C(CI)C1CNCCN1C(=O)O. The molecule has 13 heavy (non-hydrogen) atoms. The van der Waals surface area contributed by atoms with Crippen molar-refractivity contribution in [1.29, 1.82) is 0 Å². The van der Waals surface area contributed by atoms with E-state index >= 15 is 0 Å². The van der Waals surface area contributed by atoms with Crippen LogP contribution in [0.1, 0.15) is 0 Å². The lowest BCUT2D eigenvalue weighted by atomic mass is 10.1. The Morgan fingerprint density at radius 2 is 2.31 bits per heavy atom. The van der Waals surface area contributed by atoms with Gasteiger partial charge in [0, 0.05) is 19.6 Å².